The molecule has 2 unspecified atom stereocenters. The Kier molecular flexibility index (Phi) is 6.35. The Balaban J connectivity index is 1.56. The Morgan fingerprint density at radius 2 is 1.94 bits per heavy atom. The molecule has 4 heteroatoms. The van der Waals surface area contributed by atoms with Gasteiger partial charge < -0.3 is 20.1 Å². The Morgan fingerprint density at radius 1 is 1.24 bits per heavy atom. The average molecular weight is 459 g/mol. The second kappa shape index (κ2) is 8.33. The van der Waals surface area contributed by atoms with E-state index in [0.29, 0.717) is 30.6 Å². The normalized spacial score (nSPS) is 45.3. The van der Waals surface area contributed by atoms with Crippen molar-refractivity contribution in [3.05, 3.63) is 36.0 Å². The van der Waals surface area contributed by atoms with Gasteiger partial charge in [0, 0.05) is 13.5 Å². The number of methoxy groups -OCH3 is 1. The first-order valence-corrected chi connectivity index (χ1v) is 13.1. The predicted octanol–water partition coefficient (Wildman–Crippen LogP) is 5.19. The van der Waals surface area contributed by atoms with E-state index in [0.717, 1.165) is 12.0 Å². The minimum Gasteiger partial charge on any atom is -0.389 e. The molecule has 33 heavy (non-hydrogen) atoms. The first-order chi connectivity index (χ1) is 15.3. The molecule has 4 aliphatic rings. The molecule has 186 valence electrons. The summed E-state index contributed by atoms with van der Waals surface area (Å²) in [4.78, 5) is 0. The minimum absolute atomic E-state index is 0.187. The quantitative estimate of drug-likeness (QED) is 0.460. The summed E-state index contributed by atoms with van der Waals surface area (Å²) >= 11 is 0. The van der Waals surface area contributed by atoms with E-state index >= 15 is 0 Å². The monoisotopic (exact) mass is 458 g/mol. The average Bonchev–Trinajstić information content (AvgIpc) is 3.09. The standard InChI is InChI=1S/C29H46O4/c1-18(2)27(6,31)14-12-19(3)22-10-11-23-21(9-8-13-26(22,23)5)15-25(33-7)29-17-28(29,32)16-24(30)20(29)4/h12,14-15,18-19,22-25,30-32H,4,8-11,13,16-17H2,1-3,5-7H3/b14-12+,21-15+/t19-,22-,23+,24+,25?,26-,27-,28-,29?/m1/s1. The topological polar surface area (TPSA) is 69.9 Å². The molecule has 0 radical (unpaired) electrons. The summed E-state index contributed by atoms with van der Waals surface area (Å²) in [6.07, 6.45) is 12.6. The maximum Gasteiger partial charge on any atom is 0.0877 e. The summed E-state index contributed by atoms with van der Waals surface area (Å²) in [5.74, 6) is 1.72. The van der Waals surface area contributed by atoms with Crippen molar-refractivity contribution in [1.29, 1.82) is 0 Å². The molecular weight excluding hydrogens is 412 g/mol. The van der Waals surface area contributed by atoms with Gasteiger partial charge in [-0.15, -0.1) is 0 Å². The van der Waals surface area contributed by atoms with Crippen LogP contribution in [0.1, 0.15) is 79.6 Å². The molecule has 3 N–H and O–H groups in total. The van der Waals surface area contributed by atoms with Crippen LogP contribution in [-0.2, 0) is 4.74 Å². The third-order valence-corrected chi connectivity index (χ3v) is 10.5. The third-order valence-electron chi connectivity index (χ3n) is 10.5. The van der Waals surface area contributed by atoms with Crippen LogP contribution in [0.3, 0.4) is 0 Å². The van der Waals surface area contributed by atoms with Crippen molar-refractivity contribution in [2.24, 2.45) is 34.5 Å². The lowest BCUT2D eigenvalue weighted by Gasteiger charge is -2.44. The summed E-state index contributed by atoms with van der Waals surface area (Å²) in [7, 11) is 1.72. The summed E-state index contributed by atoms with van der Waals surface area (Å²) < 4.78 is 5.97. The zero-order valence-corrected chi connectivity index (χ0v) is 21.6. The molecule has 0 spiro atoms. The second-order valence-electron chi connectivity index (χ2n) is 12.5. The number of rotatable bonds is 7. The molecule has 0 saturated heterocycles. The highest BCUT2D eigenvalue weighted by Gasteiger charge is 2.77. The number of hydrogen-bond acceptors (Lipinski definition) is 4. The fourth-order valence-electron chi connectivity index (χ4n) is 7.79. The maximum atomic E-state index is 11.0. The fourth-order valence-corrected chi connectivity index (χ4v) is 7.79. The largest absolute Gasteiger partial charge is 0.389 e. The van der Waals surface area contributed by atoms with Crippen LogP contribution >= 0.6 is 0 Å². The van der Waals surface area contributed by atoms with Crippen LogP contribution < -0.4 is 0 Å². The van der Waals surface area contributed by atoms with Gasteiger partial charge in [0.1, 0.15) is 0 Å². The van der Waals surface area contributed by atoms with E-state index in [2.05, 4.69) is 46.4 Å². The minimum atomic E-state index is -0.871. The summed E-state index contributed by atoms with van der Waals surface area (Å²) in [5.41, 5.74) is 0.279. The Labute approximate surface area is 200 Å². The molecule has 0 aromatic heterocycles. The van der Waals surface area contributed by atoms with Crippen LogP contribution in [0.15, 0.2) is 36.0 Å². The van der Waals surface area contributed by atoms with Gasteiger partial charge in [-0.25, -0.2) is 0 Å². The highest BCUT2D eigenvalue weighted by Crippen LogP contribution is 2.71. The van der Waals surface area contributed by atoms with Gasteiger partial charge >= 0.3 is 0 Å². The molecule has 9 atom stereocenters. The van der Waals surface area contributed by atoms with Crippen molar-refractivity contribution in [3.63, 3.8) is 0 Å². The SMILES string of the molecule is C=C1[C@@H](O)C[C@@]2(O)CC12C(/C=C1\CCC[C@]2(C)[C@@H]([C@H](C)/C=C/[C@@](C)(O)C(C)C)CC[C@@H]12)OC. The molecule has 0 aliphatic heterocycles. The molecule has 4 aliphatic carbocycles. The lowest BCUT2D eigenvalue weighted by molar-refractivity contribution is 0.0370. The second-order valence-corrected chi connectivity index (χ2v) is 12.5. The van der Waals surface area contributed by atoms with Crippen molar-refractivity contribution in [1.82, 2.24) is 0 Å². The molecule has 4 rings (SSSR count). The zero-order chi connectivity index (χ0) is 24.4. The van der Waals surface area contributed by atoms with Gasteiger partial charge in [-0.05, 0) is 80.1 Å². The van der Waals surface area contributed by atoms with Crippen molar-refractivity contribution < 1.29 is 20.1 Å². The van der Waals surface area contributed by atoms with Gasteiger partial charge in [-0.1, -0.05) is 58.1 Å². The molecule has 0 amide bonds. The summed E-state index contributed by atoms with van der Waals surface area (Å²) in [6, 6.07) is 0. The van der Waals surface area contributed by atoms with Crippen molar-refractivity contribution in [2.75, 3.05) is 7.11 Å². The molecule has 0 aromatic rings. The molecule has 4 fully saturated rings. The van der Waals surface area contributed by atoms with E-state index in [-0.39, 0.29) is 17.4 Å². The Hall–Kier alpha value is -0.940. The highest BCUT2D eigenvalue weighted by molar-refractivity contribution is 5.44. The van der Waals surface area contributed by atoms with E-state index in [4.69, 9.17) is 4.74 Å². The lowest BCUT2D eigenvalue weighted by Crippen LogP contribution is -2.37. The Bertz CT molecular complexity index is 841. The fraction of sp³-hybridized carbons (Fsp3) is 0.793. The van der Waals surface area contributed by atoms with E-state index < -0.39 is 22.7 Å². The van der Waals surface area contributed by atoms with Crippen LogP contribution in [0.25, 0.3) is 0 Å². The molecule has 0 bridgehead atoms. The van der Waals surface area contributed by atoms with Crippen molar-refractivity contribution in [3.8, 4) is 0 Å². The molecular formula is C29H46O4. The number of aliphatic hydroxyl groups is 3. The van der Waals surface area contributed by atoms with Crippen LogP contribution in [-0.4, -0.2) is 45.8 Å². The van der Waals surface area contributed by atoms with Crippen molar-refractivity contribution >= 4 is 0 Å². The number of aliphatic hydroxyl groups excluding tert-OH is 1. The van der Waals surface area contributed by atoms with Gasteiger partial charge in [-0.3, -0.25) is 0 Å². The Morgan fingerprint density at radius 3 is 2.52 bits per heavy atom. The van der Waals surface area contributed by atoms with Crippen LogP contribution in [0.5, 0.6) is 0 Å². The van der Waals surface area contributed by atoms with Crippen LogP contribution in [0, 0.1) is 34.5 Å². The first kappa shape index (κ1) is 25.2. The predicted molar refractivity (Wildman–Crippen MR) is 133 cm³/mol. The van der Waals surface area contributed by atoms with Crippen molar-refractivity contribution in [2.45, 2.75) is 103 Å². The molecule has 0 heterocycles. The van der Waals surface area contributed by atoms with Gasteiger partial charge in [0.05, 0.1) is 28.8 Å². The van der Waals surface area contributed by atoms with Gasteiger partial charge in [0.25, 0.3) is 0 Å². The third kappa shape index (κ3) is 3.80. The van der Waals surface area contributed by atoms with Crippen LogP contribution in [0.2, 0.25) is 0 Å². The van der Waals surface area contributed by atoms with E-state index in [1.54, 1.807) is 7.11 Å². The molecule has 4 saturated carbocycles. The highest BCUT2D eigenvalue weighted by atomic mass is 16.5. The molecule has 4 nitrogen and oxygen atoms in total. The number of ether oxygens (including phenoxy) is 1. The summed E-state index contributed by atoms with van der Waals surface area (Å²) in [6.45, 7) is 15.0. The lowest BCUT2D eigenvalue weighted by atomic mass is 9.61. The van der Waals surface area contributed by atoms with Gasteiger partial charge in [0.2, 0.25) is 0 Å². The van der Waals surface area contributed by atoms with E-state index in [9.17, 15) is 15.3 Å². The first-order valence-electron chi connectivity index (χ1n) is 13.1. The number of allylic oxidation sites excluding steroid dienone is 2. The van der Waals surface area contributed by atoms with Gasteiger partial charge in [0.15, 0.2) is 0 Å². The smallest absolute Gasteiger partial charge is 0.0877 e. The summed E-state index contributed by atoms with van der Waals surface area (Å²) in [5, 5.41) is 32.1. The van der Waals surface area contributed by atoms with Crippen LogP contribution in [0.4, 0.5) is 0 Å². The maximum absolute atomic E-state index is 11.0. The number of fused-ring (bicyclic) bond motifs is 2. The number of hydrogen-bond donors (Lipinski definition) is 3. The van der Waals surface area contributed by atoms with E-state index in [1.807, 2.05) is 13.0 Å². The molecule has 0 aromatic carbocycles. The van der Waals surface area contributed by atoms with Gasteiger partial charge in [-0.2, -0.15) is 0 Å². The van der Waals surface area contributed by atoms with E-state index in [1.165, 1.54) is 31.3 Å². The zero-order valence-electron chi connectivity index (χ0n) is 21.6.